The molecule has 1 saturated heterocycles. The highest BCUT2D eigenvalue weighted by Crippen LogP contribution is 2.37. The van der Waals surface area contributed by atoms with Crippen LogP contribution in [0.5, 0.6) is 11.5 Å². The number of ether oxygens (including phenoxy) is 2. The first-order valence-corrected chi connectivity index (χ1v) is 9.72. The Hall–Kier alpha value is -3.57. The predicted octanol–water partition coefficient (Wildman–Crippen LogP) is 3.77. The standard InChI is InChI=1S/C21H19F5N4O3/c1-32-15-5-12(6-16(33-2)18(15)19(31)28-9-21(24,25)26)14-8-27-17-7-13(3-4-30(14)17)29-10-20(22,23)11-29/h3-8H,9-11H2,1-2H3,(H,28,31). The van der Waals surface area contributed by atoms with Crippen molar-refractivity contribution in [1.29, 1.82) is 0 Å². The number of hydrogen-bond donors (Lipinski definition) is 1. The van der Waals surface area contributed by atoms with E-state index in [1.807, 2.05) is 0 Å². The quantitative estimate of drug-likeness (QED) is 0.556. The molecule has 0 unspecified atom stereocenters. The zero-order chi connectivity index (χ0) is 24.0. The number of pyridine rings is 1. The number of anilines is 1. The number of fused-ring (bicyclic) bond motifs is 1. The van der Waals surface area contributed by atoms with Gasteiger partial charge in [-0.25, -0.2) is 13.8 Å². The van der Waals surface area contributed by atoms with Crippen LogP contribution in [0.25, 0.3) is 16.9 Å². The van der Waals surface area contributed by atoms with E-state index in [0.717, 1.165) is 0 Å². The van der Waals surface area contributed by atoms with Crippen molar-refractivity contribution in [2.45, 2.75) is 12.1 Å². The summed E-state index contributed by atoms with van der Waals surface area (Å²) in [4.78, 5) is 18.3. The summed E-state index contributed by atoms with van der Waals surface area (Å²) in [5, 5.41) is 1.81. The summed E-state index contributed by atoms with van der Waals surface area (Å²) in [6.07, 6.45) is -1.36. The Morgan fingerprint density at radius 2 is 1.79 bits per heavy atom. The average Bonchev–Trinajstić information content (AvgIpc) is 3.17. The summed E-state index contributed by atoms with van der Waals surface area (Å²) in [5.74, 6) is -3.67. The molecule has 1 amide bonds. The van der Waals surface area contributed by atoms with Gasteiger partial charge in [-0.2, -0.15) is 13.2 Å². The van der Waals surface area contributed by atoms with E-state index >= 15 is 0 Å². The molecule has 1 N–H and O–H groups in total. The van der Waals surface area contributed by atoms with E-state index < -0.39 is 24.6 Å². The summed E-state index contributed by atoms with van der Waals surface area (Å²) in [7, 11) is 2.56. The molecule has 4 rings (SSSR count). The van der Waals surface area contributed by atoms with Crippen molar-refractivity contribution in [3.8, 4) is 22.8 Å². The Bertz CT molecular complexity index is 1180. The van der Waals surface area contributed by atoms with E-state index in [4.69, 9.17) is 9.47 Å². The van der Waals surface area contributed by atoms with Crippen LogP contribution >= 0.6 is 0 Å². The van der Waals surface area contributed by atoms with Crippen LogP contribution in [-0.4, -0.2) is 61.2 Å². The Kier molecular flexibility index (Phi) is 5.54. The molecule has 0 spiro atoms. The summed E-state index contributed by atoms with van der Waals surface area (Å²) < 4.78 is 76.1. The highest BCUT2D eigenvalue weighted by atomic mass is 19.4. The lowest BCUT2D eigenvalue weighted by Crippen LogP contribution is -2.56. The minimum Gasteiger partial charge on any atom is -0.496 e. The van der Waals surface area contributed by atoms with Gasteiger partial charge in [0.25, 0.3) is 11.8 Å². The Balaban J connectivity index is 1.68. The number of methoxy groups -OCH3 is 2. The fourth-order valence-corrected chi connectivity index (χ4v) is 3.63. The molecule has 0 saturated carbocycles. The lowest BCUT2D eigenvalue weighted by Gasteiger charge is -2.40. The van der Waals surface area contributed by atoms with Crippen LogP contribution in [0, 0.1) is 0 Å². The summed E-state index contributed by atoms with van der Waals surface area (Å²) in [6.45, 7) is -2.22. The largest absolute Gasteiger partial charge is 0.496 e. The van der Waals surface area contributed by atoms with Gasteiger partial charge < -0.3 is 19.7 Å². The predicted molar refractivity (Wildman–Crippen MR) is 109 cm³/mol. The van der Waals surface area contributed by atoms with Gasteiger partial charge in [-0.1, -0.05) is 0 Å². The number of aromatic nitrogens is 2. The van der Waals surface area contributed by atoms with Crippen molar-refractivity contribution in [3.63, 3.8) is 0 Å². The van der Waals surface area contributed by atoms with Crippen molar-refractivity contribution in [2.75, 3.05) is 38.8 Å². The molecule has 0 bridgehead atoms. The second kappa shape index (κ2) is 8.09. The van der Waals surface area contributed by atoms with Crippen LogP contribution in [0.2, 0.25) is 0 Å². The number of carbonyl (C=O) groups excluding carboxylic acids is 1. The maximum atomic E-state index is 13.2. The molecule has 1 aliphatic rings. The lowest BCUT2D eigenvalue weighted by molar-refractivity contribution is -0.123. The second-order valence-corrected chi connectivity index (χ2v) is 7.52. The number of alkyl halides is 5. The minimum atomic E-state index is -4.57. The zero-order valence-corrected chi connectivity index (χ0v) is 17.5. The number of nitrogens with zero attached hydrogens (tertiary/aromatic N) is 3. The maximum absolute atomic E-state index is 13.2. The van der Waals surface area contributed by atoms with Crippen molar-refractivity contribution < 1.29 is 36.2 Å². The molecule has 1 aliphatic heterocycles. The topological polar surface area (TPSA) is 68.1 Å². The van der Waals surface area contributed by atoms with Crippen LogP contribution in [0.1, 0.15) is 10.4 Å². The van der Waals surface area contributed by atoms with Gasteiger partial charge in [-0.05, 0) is 18.2 Å². The highest BCUT2D eigenvalue weighted by molar-refractivity contribution is 6.00. The van der Waals surface area contributed by atoms with E-state index in [1.54, 1.807) is 34.2 Å². The highest BCUT2D eigenvalue weighted by Gasteiger charge is 2.44. The Morgan fingerprint density at radius 1 is 1.15 bits per heavy atom. The number of hydrogen-bond acceptors (Lipinski definition) is 5. The first-order chi connectivity index (χ1) is 15.5. The molecule has 2 aromatic heterocycles. The van der Waals surface area contributed by atoms with Crippen molar-refractivity contribution in [2.24, 2.45) is 0 Å². The first kappa shape index (κ1) is 22.6. The summed E-state index contributed by atoms with van der Waals surface area (Å²) in [6, 6.07) is 6.32. The fraction of sp³-hybridized carbons (Fsp3) is 0.333. The van der Waals surface area contributed by atoms with Crippen LogP contribution < -0.4 is 19.7 Å². The number of carbonyl (C=O) groups is 1. The lowest BCUT2D eigenvalue weighted by atomic mass is 10.1. The third kappa shape index (κ3) is 4.50. The number of nitrogens with one attached hydrogen (secondary N) is 1. The van der Waals surface area contributed by atoms with Crippen molar-refractivity contribution in [1.82, 2.24) is 14.7 Å². The number of benzene rings is 1. The van der Waals surface area contributed by atoms with Gasteiger partial charge in [-0.15, -0.1) is 0 Å². The molecule has 3 aromatic rings. The second-order valence-electron chi connectivity index (χ2n) is 7.52. The van der Waals surface area contributed by atoms with Gasteiger partial charge in [0.2, 0.25) is 0 Å². The van der Waals surface area contributed by atoms with Crippen LogP contribution in [0.15, 0.2) is 36.7 Å². The molecule has 7 nitrogen and oxygen atoms in total. The maximum Gasteiger partial charge on any atom is 0.405 e. The van der Waals surface area contributed by atoms with E-state index in [2.05, 4.69) is 4.98 Å². The van der Waals surface area contributed by atoms with E-state index in [1.165, 1.54) is 31.3 Å². The fourth-order valence-electron chi connectivity index (χ4n) is 3.63. The van der Waals surface area contributed by atoms with Gasteiger partial charge in [0.1, 0.15) is 29.3 Å². The minimum absolute atomic E-state index is 0.0124. The first-order valence-electron chi connectivity index (χ1n) is 9.72. The number of rotatable bonds is 6. The molecule has 1 fully saturated rings. The molecule has 0 atom stereocenters. The number of halogens is 5. The Labute approximate surface area is 184 Å². The molecule has 33 heavy (non-hydrogen) atoms. The molecule has 12 heteroatoms. The number of imidazole rings is 1. The molecule has 0 aliphatic carbocycles. The molecule has 1 aromatic carbocycles. The van der Waals surface area contributed by atoms with Crippen LogP contribution in [0.3, 0.4) is 0 Å². The van der Waals surface area contributed by atoms with Gasteiger partial charge in [0.05, 0.1) is 39.2 Å². The third-order valence-corrected chi connectivity index (χ3v) is 5.18. The number of amides is 1. The van der Waals surface area contributed by atoms with Crippen molar-refractivity contribution in [3.05, 3.63) is 42.2 Å². The normalized spacial score (nSPS) is 15.3. The van der Waals surface area contributed by atoms with E-state index in [0.29, 0.717) is 22.6 Å². The SMILES string of the molecule is COc1cc(-c2cnc3cc(N4CC(F)(F)C4)ccn23)cc(OC)c1C(=O)NCC(F)(F)F. The molecule has 3 heterocycles. The van der Waals surface area contributed by atoms with Crippen molar-refractivity contribution >= 4 is 17.2 Å². The monoisotopic (exact) mass is 470 g/mol. The summed E-state index contributed by atoms with van der Waals surface area (Å²) >= 11 is 0. The van der Waals surface area contributed by atoms with Gasteiger partial charge in [0.15, 0.2) is 0 Å². The molecular weight excluding hydrogens is 451 g/mol. The third-order valence-electron chi connectivity index (χ3n) is 5.18. The van der Waals surface area contributed by atoms with Gasteiger partial charge in [0, 0.05) is 23.5 Å². The molecule has 0 radical (unpaired) electrons. The summed E-state index contributed by atoms with van der Waals surface area (Å²) in [5.41, 5.74) is 2.03. The Morgan fingerprint density at radius 3 is 2.33 bits per heavy atom. The van der Waals surface area contributed by atoms with Gasteiger partial charge in [-0.3, -0.25) is 9.20 Å². The zero-order valence-electron chi connectivity index (χ0n) is 17.5. The molecule has 176 valence electrons. The molecular formula is C21H19F5N4O3. The average molecular weight is 470 g/mol. The smallest absolute Gasteiger partial charge is 0.405 e. The van der Waals surface area contributed by atoms with Gasteiger partial charge >= 0.3 is 6.18 Å². The van der Waals surface area contributed by atoms with E-state index in [-0.39, 0.29) is 30.2 Å². The van der Waals surface area contributed by atoms with Crippen LogP contribution in [-0.2, 0) is 0 Å². The van der Waals surface area contributed by atoms with E-state index in [9.17, 15) is 26.7 Å². The van der Waals surface area contributed by atoms with Crippen LogP contribution in [0.4, 0.5) is 27.6 Å².